The van der Waals surface area contributed by atoms with Gasteiger partial charge >= 0.3 is 5.69 Å². The fourth-order valence-electron chi connectivity index (χ4n) is 2.66. The van der Waals surface area contributed by atoms with E-state index in [9.17, 15) is 25.0 Å². The van der Waals surface area contributed by atoms with Crippen molar-refractivity contribution in [2.75, 3.05) is 19.6 Å². The molecule has 2 aromatic carbocycles. The Balaban J connectivity index is 1.88. The van der Waals surface area contributed by atoms with Gasteiger partial charge in [-0.3, -0.25) is 30.4 Å². The van der Waals surface area contributed by atoms with Crippen LogP contribution in [0.25, 0.3) is 6.08 Å². The summed E-state index contributed by atoms with van der Waals surface area (Å²) in [6.45, 7) is 0. The molecule has 0 aromatic heterocycles. The molecule has 1 heterocycles. The monoisotopic (exact) mass is 462 g/mol. The van der Waals surface area contributed by atoms with E-state index in [1.807, 2.05) is 0 Å². The Kier molecular flexibility index (Phi) is 6.36. The third kappa shape index (κ3) is 4.57. The Labute approximate surface area is 184 Å². The first kappa shape index (κ1) is 22.0. The molecule has 1 saturated heterocycles. The van der Waals surface area contributed by atoms with Crippen LogP contribution in [0.3, 0.4) is 0 Å². The number of rotatable bonds is 7. The van der Waals surface area contributed by atoms with Crippen LogP contribution in [0.1, 0.15) is 5.56 Å². The number of thiocarbonyl (C=S) groups is 1. The summed E-state index contributed by atoms with van der Waals surface area (Å²) in [6, 6.07) is 8.13. The zero-order valence-corrected chi connectivity index (χ0v) is 17.7. The van der Waals surface area contributed by atoms with Gasteiger partial charge in [-0.1, -0.05) is 17.8 Å². The lowest BCUT2D eigenvalue weighted by Gasteiger charge is -2.16. The number of nitro groups is 2. The first-order valence-corrected chi connectivity index (χ1v) is 9.67. The highest BCUT2D eigenvalue weighted by atomic mass is 32.2. The summed E-state index contributed by atoms with van der Waals surface area (Å²) >= 11 is 6.21. The van der Waals surface area contributed by atoms with Crippen LogP contribution in [0.4, 0.5) is 17.1 Å². The van der Waals surface area contributed by atoms with Gasteiger partial charge in [0.25, 0.3) is 11.6 Å². The minimum absolute atomic E-state index is 0.112. The molecular formula is C18H14N4O7S2. The summed E-state index contributed by atoms with van der Waals surface area (Å²) in [5.74, 6) is 0.475. The number of nitrogens with zero attached hydrogens (tertiary/aromatic N) is 3. The quantitative estimate of drug-likeness (QED) is 0.280. The molecular weight excluding hydrogens is 448 g/mol. The Hall–Kier alpha value is -3.71. The van der Waals surface area contributed by atoms with Crippen molar-refractivity contribution in [3.8, 4) is 11.5 Å². The standard InChI is InChI=1S/C18H14N4O7S2/c1-28-14-6-3-10(7-15(14)29-2)8-16-17(23)20(18(30)31-16)19-12-5-4-11(21(24)25)9-13(12)22(26)27/h3-9,19H,1-2H3/b16-8+. The lowest BCUT2D eigenvalue weighted by molar-refractivity contribution is -0.393. The normalized spacial score (nSPS) is 14.6. The number of carbonyl (C=O) groups excluding carboxylic acids is 1. The number of anilines is 1. The van der Waals surface area contributed by atoms with Gasteiger partial charge in [-0.25, -0.2) is 5.01 Å². The van der Waals surface area contributed by atoms with Crippen LogP contribution in [0.15, 0.2) is 41.3 Å². The predicted octanol–water partition coefficient (Wildman–Crippen LogP) is 3.75. The molecule has 1 fully saturated rings. The van der Waals surface area contributed by atoms with Crippen molar-refractivity contribution in [3.05, 3.63) is 67.1 Å². The summed E-state index contributed by atoms with van der Waals surface area (Å²) in [4.78, 5) is 33.8. The van der Waals surface area contributed by atoms with Crippen LogP contribution in [0, 0.1) is 20.2 Å². The first-order chi connectivity index (χ1) is 14.7. The van der Waals surface area contributed by atoms with Gasteiger partial charge < -0.3 is 9.47 Å². The third-order valence-electron chi connectivity index (χ3n) is 4.12. The second kappa shape index (κ2) is 8.97. The summed E-state index contributed by atoms with van der Waals surface area (Å²) in [6.07, 6.45) is 1.59. The molecule has 1 amide bonds. The average molecular weight is 462 g/mol. The van der Waals surface area contributed by atoms with E-state index in [-0.39, 0.29) is 14.9 Å². The van der Waals surface area contributed by atoms with Gasteiger partial charge in [0.05, 0.1) is 35.0 Å². The summed E-state index contributed by atoms with van der Waals surface area (Å²) in [5, 5.41) is 23.2. The molecule has 0 aliphatic carbocycles. The van der Waals surface area contributed by atoms with Gasteiger partial charge in [-0.15, -0.1) is 0 Å². The summed E-state index contributed by atoms with van der Waals surface area (Å²) in [5.41, 5.74) is 2.11. The Morgan fingerprint density at radius 1 is 1.06 bits per heavy atom. The van der Waals surface area contributed by atoms with Gasteiger partial charge in [0.2, 0.25) is 0 Å². The van der Waals surface area contributed by atoms with E-state index in [2.05, 4.69) is 5.43 Å². The maximum atomic E-state index is 12.8. The molecule has 0 atom stereocenters. The van der Waals surface area contributed by atoms with Crippen molar-refractivity contribution in [2.45, 2.75) is 0 Å². The number of thioether (sulfide) groups is 1. The van der Waals surface area contributed by atoms with Gasteiger partial charge in [0.15, 0.2) is 15.8 Å². The number of hydrogen-bond acceptors (Lipinski definition) is 10. The number of nitro benzene ring substituents is 2. The number of carbonyl (C=O) groups is 1. The van der Waals surface area contributed by atoms with E-state index in [0.717, 1.165) is 35.0 Å². The van der Waals surface area contributed by atoms with Gasteiger partial charge in [-0.05, 0) is 42.1 Å². The molecule has 0 radical (unpaired) electrons. The lowest BCUT2D eigenvalue weighted by Crippen LogP contribution is -2.34. The van der Waals surface area contributed by atoms with Gasteiger partial charge in [0.1, 0.15) is 5.69 Å². The van der Waals surface area contributed by atoms with Crippen LogP contribution < -0.4 is 14.9 Å². The number of hydrogen-bond donors (Lipinski definition) is 1. The molecule has 0 unspecified atom stereocenters. The molecule has 13 heteroatoms. The average Bonchev–Trinajstić information content (AvgIpc) is 3.00. The Bertz CT molecular complexity index is 1140. The molecule has 1 aliphatic heterocycles. The fourth-order valence-corrected chi connectivity index (χ4v) is 3.84. The van der Waals surface area contributed by atoms with Crippen LogP contribution >= 0.6 is 24.0 Å². The van der Waals surface area contributed by atoms with Crippen molar-refractivity contribution in [3.63, 3.8) is 0 Å². The van der Waals surface area contributed by atoms with Crippen LogP contribution in [0.2, 0.25) is 0 Å². The number of nitrogens with one attached hydrogen (secondary N) is 1. The molecule has 11 nitrogen and oxygen atoms in total. The van der Waals surface area contributed by atoms with Crippen molar-refractivity contribution >= 4 is 57.3 Å². The van der Waals surface area contributed by atoms with E-state index in [1.165, 1.54) is 14.2 Å². The Morgan fingerprint density at radius 2 is 1.77 bits per heavy atom. The zero-order chi connectivity index (χ0) is 22.7. The molecule has 1 N–H and O–H groups in total. The Morgan fingerprint density at radius 3 is 2.39 bits per heavy atom. The molecule has 160 valence electrons. The molecule has 3 rings (SSSR count). The molecule has 0 bridgehead atoms. The molecule has 1 aliphatic rings. The van der Waals surface area contributed by atoms with Crippen molar-refractivity contribution in [1.82, 2.24) is 5.01 Å². The van der Waals surface area contributed by atoms with Crippen LogP contribution in [0.5, 0.6) is 11.5 Å². The third-order valence-corrected chi connectivity index (χ3v) is 5.42. The molecule has 0 spiro atoms. The SMILES string of the molecule is COc1ccc(/C=C2/SC(=S)N(Nc3ccc([N+](=O)[O-])cc3[N+](=O)[O-])C2=O)cc1OC. The fraction of sp³-hybridized carbons (Fsp3) is 0.111. The van der Waals surface area contributed by atoms with Crippen molar-refractivity contribution in [1.29, 1.82) is 0 Å². The highest BCUT2D eigenvalue weighted by Gasteiger charge is 2.34. The van der Waals surface area contributed by atoms with Crippen LogP contribution in [-0.2, 0) is 4.79 Å². The largest absolute Gasteiger partial charge is 0.493 e. The minimum atomic E-state index is -0.785. The van der Waals surface area contributed by atoms with Crippen molar-refractivity contribution < 1.29 is 24.1 Å². The number of hydrazine groups is 1. The topological polar surface area (TPSA) is 137 Å². The number of ether oxygens (including phenoxy) is 2. The molecule has 2 aromatic rings. The number of methoxy groups -OCH3 is 2. The second-order valence-corrected chi connectivity index (χ2v) is 7.63. The van der Waals surface area contributed by atoms with E-state index in [1.54, 1.807) is 24.3 Å². The first-order valence-electron chi connectivity index (χ1n) is 8.44. The number of benzene rings is 2. The van der Waals surface area contributed by atoms with Gasteiger partial charge in [-0.2, -0.15) is 0 Å². The number of non-ortho nitro benzene ring substituents is 1. The zero-order valence-electron chi connectivity index (χ0n) is 16.1. The van der Waals surface area contributed by atoms with Crippen molar-refractivity contribution in [2.24, 2.45) is 0 Å². The predicted molar refractivity (Wildman–Crippen MR) is 118 cm³/mol. The lowest BCUT2D eigenvalue weighted by atomic mass is 10.2. The highest BCUT2D eigenvalue weighted by molar-refractivity contribution is 8.26. The maximum Gasteiger partial charge on any atom is 0.300 e. The van der Waals surface area contributed by atoms with Crippen LogP contribution in [-0.4, -0.2) is 39.3 Å². The maximum absolute atomic E-state index is 12.8. The second-order valence-electron chi connectivity index (χ2n) is 5.96. The van der Waals surface area contributed by atoms with E-state index in [0.29, 0.717) is 17.1 Å². The summed E-state index contributed by atoms with van der Waals surface area (Å²) < 4.78 is 10.5. The summed E-state index contributed by atoms with van der Waals surface area (Å²) in [7, 11) is 2.99. The number of amides is 1. The molecule has 31 heavy (non-hydrogen) atoms. The highest BCUT2D eigenvalue weighted by Crippen LogP contribution is 2.36. The smallest absolute Gasteiger partial charge is 0.300 e. The van der Waals surface area contributed by atoms with E-state index >= 15 is 0 Å². The van der Waals surface area contributed by atoms with E-state index in [4.69, 9.17) is 21.7 Å². The van der Waals surface area contributed by atoms with Gasteiger partial charge in [0, 0.05) is 6.07 Å². The minimum Gasteiger partial charge on any atom is -0.493 e. The molecule has 0 saturated carbocycles. The van der Waals surface area contributed by atoms with E-state index < -0.39 is 27.1 Å².